The predicted octanol–water partition coefficient (Wildman–Crippen LogP) is 5.98. The Balaban J connectivity index is 0.000000142. The Morgan fingerprint density at radius 2 is 0.824 bits per heavy atom. The van der Waals surface area contributed by atoms with Gasteiger partial charge in [-0.25, -0.2) is 0 Å². The summed E-state index contributed by atoms with van der Waals surface area (Å²) >= 11 is 0. The Morgan fingerprint density at radius 1 is 0.471 bits per heavy atom. The van der Waals surface area contributed by atoms with Crippen LogP contribution in [0, 0.1) is 0 Å². The molecule has 2 aliphatic heterocycles. The van der Waals surface area contributed by atoms with E-state index in [0.717, 1.165) is 33.4 Å². The molecule has 0 aromatic heterocycles. The van der Waals surface area contributed by atoms with Gasteiger partial charge < -0.3 is 19.7 Å². The second-order valence-electron chi connectivity index (χ2n) is 8.57. The van der Waals surface area contributed by atoms with E-state index in [9.17, 15) is 10.2 Å². The summed E-state index contributed by atoms with van der Waals surface area (Å²) in [5, 5.41) is 20.7. The van der Waals surface area contributed by atoms with Crippen molar-refractivity contribution in [1.29, 1.82) is 0 Å². The van der Waals surface area contributed by atoms with Crippen molar-refractivity contribution in [1.82, 2.24) is 0 Å². The van der Waals surface area contributed by atoms with Gasteiger partial charge in [0.05, 0.1) is 13.2 Å². The van der Waals surface area contributed by atoms with E-state index in [2.05, 4.69) is 0 Å². The highest BCUT2D eigenvalue weighted by Gasteiger charge is 2.30. The number of hydrogen-bond acceptors (Lipinski definition) is 4. The minimum atomic E-state index is -0.581. The van der Waals surface area contributed by atoms with Crippen LogP contribution < -0.4 is 0 Å². The molecule has 172 valence electrons. The number of hydrogen-bond donors (Lipinski definition) is 2. The van der Waals surface area contributed by atoms with E-state index in [4.69, 9.17) is 9.47 Å². The molecular weight excluding hydrogens is 424 g/mol. The molecule has 4 aromatic rings. The van der Waals surface area contributed by atoms with Gasteiger partial charge in [0.15, 0.2) is 0 Å². The molecule has 0 saturated carbocycles. The number of rotatable bonds is 2. The van der Waals surface area contributed by atoms with Crippen LogP contribution in [0.5, 0.6) is 0 Å². The fourth-order valence-corrected chi connectivity index (χ4v) is 4.62. The van der Waals surface area contributed by atoms with Crippen molar-refractivity contribution in [3.63, 3.8) is 0 Å². The second kappa shape index (κ2) is 10.3. The van der Waals surface area contributed by atoms with Gasteiger partial charge in [0.25, 0.3) is 0 Å². The van der Waals surface area contributed by atoms with Gasteiger partial charge >= 0.3 is 0 Å². The molecule has 0 saturated heterocycles. The topological polar surface area (TPSA) is 58.9 Å². The van der Waals surface area contributed by atoms with Crippen LogP contribution in [0.3, 0.4) is 0 Å². The standard InChI is InChI=1S/2C15H14O2/c2*16-14-13-9-5-4-8-12(13)10-17-15(14)11-6-2-1-3-7-11/h2*1-9,14-16H,10H2/t2*14-,15+/m10/s1. The molecule has 4 nitrogen and oxygen atoms in total. The predicted molar refractivity (Wildman–Crippen MR) is 131 cm³/mol. The molecule has 2 aliphatic rings. The van der Waals surface area contributed by atoms with Gasteiger partial charge in [-0.2, -0.15) is 0 Å². The van der Waals surface area contributed by atoms with Crippen LogP contribution in [-0.2, 0) is 22.7 Å². The van der Waals surface area contributed by atoms with Crippen LogP contribution in [0.2, 0.25) is 0 Å². The summed E-state index contributed by atoms with van der Waals surface area (Å²) in [6.45, 7) is 1.12. The largest absolute Gasteiger partial charge is 0.385 e. The lowest BCUT2D eigenvalue weighted by molar-refractivity contribution is -0.0655. The molecule has 2 heterocycles. The summed E-state index contributed by atoms with van der Waals surface area (Å²) in [5.41, 5.74) is 6.16. The van der Waals surface area contributed by atoms with Gasteiger partial charge in [-0.1, -0.05) is 109 Å². The van der Waals surface area contributed by atoms with Crippen molar-refractivity contribution < 1.29 is 19.7 Å². The number of fused-ring (bicyclic) bond motifs is 2. The Bertz CT molecular complexity index is 1110. The molecular formula is C30H28O4. The van der Waals surface area contributed by atoms with E-state index in [1.165, 1.54) is 0 Å². The third-order valence-corrected chi connectivity index (χ3v) is 6.41. The zero-order valence-electron chi connectivity index (χ0n) is 18.8. The van der Waals surface area contributed by atoms with E-state index in [0.29, 0.717) is 13.2 Å². The number of benzene rings is 4. The molecule has 0 amide bonds. The second-order valence-corrected chi connectivity index (χ2v) is 8.57. The van der Waals surface area contributed by atoms with Crippen molar-refractivity contribution in [2.75, 3.05) is 0 Å². The van der Waals surface area contributed by atoms with E-state index in [1.807, 2.05) is 109 Å². The molecule has 2 N–H and O–H groups in total. The SMILES string of the molecule is O[C@@H]1c2ccccc2CO[C@H]1c1ccccc1.O[C@H]1c2ccccc2CO[C@@H]1c1ccccc1. The lowest BCUT2D eigenvalue weighted by atomic mass is 9.92. The average molecular weight is 453 g/mol. The summed E-state index contributed by atoms with van der Waals surface area (Å²) in [6.07, 6.45) is -1.68. The molecule has 6 rings (SSSR count). The summed E-state index contributed by atoms with van der Waals surface area (Å²) in [6, 6.07) is 35.5. The lowest BCUT2D eigenvalue weighted by Gasteiger charge is -2.30. The van der Waals surface area contributed by atoms with Gasteiger partial charge in [0, 0.05) is 0 Å². The summed E-state index contributed by atoms with van der Waals surface area (Å²) < 4.78 is 11.5. The highest BCUT2D eigenvalue weighted by molar-refractivity contribution is 5.34. The first-order chi connectivity index (χ1) is 16.7. The quantitative estimate of drug-likeness (QED) is 0.393. The van der Waals surface area contributed by atoms with E-state index >= 15 is 0 Å². The van der Waals surface area contributed by atoms with Crippen molar-refractivity contribution in [2.24, 2.45) is 0 Å². The van der Waals surface area contributed by atoms with Gasteiger partial charge in [0.1, 0.15) is 24.4 Å². The highest BCUT2D eigenvalue weighted by atomic mass is 16.5. The van der Waals surface area contributed by atoms with Crippen LogP contribution in [0.1, 0.15) is 57.8 Å². The molecule has 4 aromatic carbocycles. The maximum absolute atomic E-state index is 10.3. The Morgan fingerprint density at radius 3 is 1.24 bits per heavy atom. The molecule has 0 fully saturated rings. The van der Waals surface area contributed by atoms with Gasteiger partial charge in [-0.3, -0.25) is 0 Å². The number of aliphatic hydroxyl groups excluding tert-OH is 2. The molecule has 0 unspecified atom stereocenters. The van der Waals surface area contributed by atoms with Crippen molar-refractivity contribution in [2.45, 2.75) is 37.6 Å². The maximum atomic E-state index is 10.3. The molecule has 4 atom stereocenters. The van der Waals surface area contributed by atoms with Crippen LogP contribution >= 0.6 is 0 Å². The fourth-order valence-electron chi connectivity index (χ4n) is 4.62. The smallest absolute Gasteiger partial charge is 0.113 e. The van der Waals surface area contributed by atoms with Crippen molar-refractivity contribution in [3.05, 3.63) is 143 Å². The zero-order valence-corrected chi connectivity index (χ0v) is 18.8. The van der Waals surface area contributed by atoms with Gasteiger partial charge in [-0.05, 0) is 33.4 Å². The minimum absolute atomic E-state index is 0.258. The third kappa shape index (κ3) is 4.67. The first-order valence-electron chi connectivity index (χ1n) is 11.6. The van der Waals surface area contributed by atoms with Crippen LogP contribution in [0.4, 0.5) is 0 Å². The summed E-state index contributed by atoms with van der Waals surface area (Å²) in [7, 11) is 0. The molecule has 0 radical (unpaired) electrons. The monoisotopic (exact) mass is 452 g/mol. The van der Waals surface area contributed by atoms with E-state index in [-0.39, 0.29) is 12.2 Å². The minimum Gasteiger partial charge on any atom is -0.385 e. The van der Waals surface area contributed by atoms with Crippen molar-refractivity contribution >= 4 is 0 Å². The first-order valence-corrected chi connectivity index (χ1v) is 11.6. The molecule has 4 heteroatoms. The summed E-state index contributed by atoms with van der Waals surface area (Å²) in [4.78, 5) is 0. The van der Waals surface area contributed by atoms with Crippen molar-refractivity contribution in [3.8, 4) is 0 Å². The molecule has 34 heavy (non-hydrogen) atoms. The first kappa shape index (κ1) is 22.5. The van der Waals surface area contributed by atoms with Gasteiger partial charge in [-0.15, -0.1) is 0 Å². The van der Waals surface area contributed by atoms with Crippen LogP contribution in [0.25, 0.3) is 0 Å². The fraction of sp³-hybridized carbons (Fsp3) is 0.200. The van der Waals surface area contributed by atoms with E-state index in [1.54, 1.807) is 0 Å². The number of aliphatic hydroxyl groups is 2. The molecule has 0 spiro atoms. The average Bonchev–Trinajstić information content (AvgIpc) is 2.91. The summed E-state index contributed by atoms with van der Waals surface area (Å²) in [5.74, 6) is 0. The Kier molecular flexibility index (Phi) is 6.84. The van der Waals surface area contributed by atoms with E-state index < -0.39 is 12.2 Å². The zero-order chi connectivity index (χ0) is 23.3. The third-order valence-electron chi connectivity index (χ3n) is 6.41. The normalized spacial score (nSPS) is 23.1. The highest BCUT2D eigenvalue weighted by Crippen LogP contribution is 2.39. The number of ether oxygens (including phenoxy) is 2. The molecule has 0 aliphatic carbocycles. The Hall–Kier alpha value is -3.28. The lowest BCUT2D eigenvalue weighted by Crippen LogP contribution is -2.21. The Labute approximate surface area is 200 Å². The van der Waals surface area contributed by atoms with Crippen LogP contribution in [0.15, 0.2) is 109 Å². The van der Waals surface area contributed by atoms with Crippen LogP contribution in [-0.4, -0.2) is 10.2 Å². The van der Waals surface area contributed by atoms with Gasteiger partial charge in [0.2, 0.25) is 0 Å². The molecule has 0 bridgehead atoms. The maximum Gasteiger partial charge on any atom is 0.113 e.